The molecule has 10 rings (SSSR count). The smallest absolute Gasteiger partial charge is 0.196 e. The van der Waals surface area contributed by atoms with Crippen LogP contribution in [0.25, 0.3) is 98.4 Å². The zero-order valence-corrected chi connectivity index (χ0v) is 28.9. The highest BCUT2D eigenvalue weighted by Crippen LogP contribution is 2.44. The zero-order chi connectivity index (χ0) is 35.3. The summed E-state index contributed by atoms with van der Waals surface area (Å²) in [5.41, 5.74) is 13.1. The molecule has 0 saturated carbocycles. The number of aromatic nitrogens is 1. The van der Waals surface area contributed by atoms with E-state index in [9.17, 15) is 0 Å². The lowest BCUT2D eigenvalue weighted by Crippen LogP contribution is -1.94. The molecule has 2 heteroatoms. The van der Waals surface area contributed by atoms with E-state index < -0.39 is 0 Å². The number of nitrogens with zero attached hydrogens (tertiary/aromatic N) is 2. The third-order valence-electron chi connectivity index (χ3n) is 10.6. The molecule has 0 aliphatic carbocycles. The molecule has 2 nitrogen and oxygen atoms in total. The molecule has 0 aliphatic heterocycles. The van der Waals surface area contributed by atoms with E-state index in [-0.39, 0.29) is 0 Å². The number of hydrogen-bond donors (Lipinski definition) is 0. The minimum absolute atomic E-state index is 0.636. The molecule has 53 heavy (non-hydrogen) atoms. The van der Waals surface area contributed by atoms with Crippen molar-refractivity contribution in [3.63, 3.8) is 0 Å². The molecule has 0 N–H and O–H groups in total. The normalized spacial score (nSPS) is 11.4. The summed E-state index contributed by atoms with van der Waals surface area (Å²) in [7, 11) is 0. The van der Waals surface area contributed by atoms with Crippen molar-refractivity contribution in [3.05, 3.63) is 206 Å². The van der Waals surface area contributed by atoms with Gasteiger partial charge in [0.1, 0.15) is 0 Å². The lowest BCUT2D eigenvalue weighted by atomic mass is 9.85. The summed E-state index contributed by atoms with van der Waals surface area (Å²) in [6.07, 6.45) is 0. The molecule has 0 unspecified atom stereocenters. The van der Waals surface area contributed by atoms with Gasteiger partial charge < -0.3 is 4.57 Å². The molecule has 0 atom stereocenters. The van der Waals surface area contributed by atoms with Crippen LogP contribution < -0.4 is 0 Å². The fraction of sp³-hybridized carbons (Fsp3) is 0. The van der Waals surface area contributed by atoms with Gasteiger partial charge in [0.15, 0.2) is 5.69 Å². The molecule has 1 aromatic heterocycles. The summed E-state index contributed by atoms with van der Waals surface area (Å²) < 4.78 is 2.26. The van der Waals surface area contributed by atoms with Gasteiger partial charge in [0, 0.05) is 16.5 Å². The Morgan fingerprint density at radius 3 is 1.40 bits per heavy atom. The lowest BCUT2D eigenvalue weighted by Gasteiger charge is -2.18. The second-order valence-electron chi connectivity index (χ2n) is 13.5. The van der Waals surface area contributed by atoms with Gasteiger partial charge in [-0.2, -0.15) is 0 Å². The minimum atomic E-state index is 0.636. The zero-order valence-electron chi connectivity index (χ0n) is 28.9. The van der Waals surface area contributed by atoms with Crippen molar-refractivity contribution in [1.29, 1.82) is 0 Å². The van der Waals surface area contributed by atoms with Crippen LogP contribution in [0, 0.1) is 6.57 Å². The van der Waals surface area contributed by atoms with Crippen LogP contribution in [0.3, 0.4) is 0 Å². The molecule has 0 saturated heterocycles. The van der Waals surface area contributed by atoms with Crippen LogP contribution in [0.4, 0.5) is 5.69 Å². The fourth-order valence-electron chi connectivity index (χ4n) is 8.25. The first-order valence-corrected chi connectivity index (χ1v) is 18.0. The Hall–Kier alpha value is -7.21. The highest BCUT2D eigenvalue weighted by atomic mass is 15.0. The van der Waals surface area contributed by atoms with Gasteiger partial charge in [-0.25, -0.2) is 4.85 Å². The molecule has 9 aromatic carbocycles. The first-order valence-electron chi connectivity index (χ1n) is 18.0. The van der Waals surface area contributed by atoms with Crippen LogP contribution in [-0.2, 0) is 0 Å². The summed E-state index contributed by atoms with van der Waals surface area (Å²) in [5.74, 6) is 0. The molecule has 246 valence electrons. The van der Waals surface area contributed by atoms with Gasteiger partial charge in [-0.1, -0.05) is 164 Å². The molecule has 1 heterocycles. The van der Waals surface area contributed by atoms with E-state index in [1.165, 1.54) is 54.6 Å². The van der Waals surface area contributed by atoms with E-state index >= 15 is 0 Å². The maximum Gasteiger partial charge on any atom is 0.196 e. The van der Waals surface area contributed by atoms with Crippen molar-refractivity contribution < 1.29 is 0 Å². The fourth-order valence-corrected chi connectivity index (χ4v) is 8.25. The number of para-hydroxylation sites is 2. The summed E-state index contributed by atoms with van der Waals surface area (Å²) in [6.45, 7) is 8.16. The van der Waals surface area contributed by atoms with E-state index in [1.807, 2.05) is 6.07 Å². The number of rotatable bonds is 5. The van der Waals surface area contributed by atoms with E-state index in [2.05, 4.69) is 197 Å². The Morgan fingerprint density at radius 2 is 0.811 bits per heavy atom. The van der Waals surface area contributed by atoms with Crippen molar-refractivity contribution >= 4 is 49.0 Å². The van der Waals surface area contributed by atoms with Gasteiger partial charge in [-0.05, 0) is 96.4 Å². The first kappa shape index (κ1) is 30.6. The Bertz CT molecular complexity index is 2940. The van der Waals surface area contributed by atoms with Gasteiger partial charge in [0.25, 0.3) is 0 Å². The van der Waals surface area contributed by atoms with Gasteiger partial charge in [0.05, 0.1) is 17.6 Å². The van der Waals surface area contributed by atoms with E-state index in [4.69, 9.17) is 6.57 Å². The Morgan fingerprint density at radius 1 is 0.340 bits per heavy atom. The highest BCUT2D eigenvalue weighted by molar-refractivity contribution is 6.21. The second-order valence-corrected chi connectivity index (χ2v) is 13.5. The largest absolute Gasteiger partial charge is 0.311 e. The summed E-state index contributed by atoms with van der Waals surface area (Å²) in [5, 5.41) is 7.41. The van der Waals surface area contributed by atoms with Crippen molar-refractivity contribution in [2.24, 2.45) is 0 Å². The molecule has 0 amide bonds. The minimum Gasteiger partial charge on any atom is -0.311 e. The maximum atomic E-state index is 8.16. The van der Waals surface area contributed by atoms with Crippen molar-refractivity contribution in [2.45, 2.75) is 0 Å². The summed E-state index contributed by atoms with van der Waals surface area (Å²) in [4.78, 5) is 4.02. The predicted molar refractivity (Wildman–Crippen MR) is 224 cm³/mol. The maximum absolute atomic E-state index is 8.16. The molecule has 0 aliphatic rings. The van der Waals surface area contributed by atoms with Gasteiger partial charge >= 0.3 is 0 Å². The molecule has 0 spiro atoms. The van der Waals surface area contributed by atoms with Crippen molar-refractivity contribution in [2.75, 3.05) is 0 Å². The van der Waals surface area contributed by atoms with Crippen molar-refractivity contribution in [3.8, 4) is 50.2 Å². The average molecular weight is 673 g/mol. The summed E-state index contributed by atoms with van der Waals surface area (Å²) in [6, 6.07) is 69.1. The number of benzene rings is 9. The standard InChI is InChI=1S/C51H32N2/c1-52-47-33-39(53-48-24-11-9-18-41(48)42-19-10-12-25-49(42)53)30-31-40(47)35-28-26-34(27-29-35)37-16-13-17-38(32-37)51-45-22-7-5-20-43(45)50(36-14-3-2-4-15-36)44-21-6-8-23-46(44)51/h2-33H. The first-order chi connectivity index (χ1) is 26.3. The van der Waals surface area contributed by atoms with Crippen LogP contribution in [0.1, 0.15) is 0 Å². The van der Waals surface area contributed by atoms with Crippen LogP contribution in [0.2, 0.25) is 0 Å². The Balaban J connectivity index is 1.04. The average Bonchev–Trinajstić information content (AvgIpc) is 3.57. The molecule has 0 fully saturated rings. The molecular formula is C51H32N2. The Labute approximate surface area is 308 Å². The SMILES string of the molecule is [C-]#[N+]c1cc(-n2c3ccccc3c3ccccc32)ccc1-c1ccc(-c2cccc(-c3c4ccccc4c(-c4ccccc4)c4ccccc34)c2)cc1. The van der Waals surface area contributed by atoms with E-state index in [0.717, 1.165) is 39.0 Å². The molecule has 0 bridgehead atoms. The van der Waals surface area contributed by atoms with Crippen molar-refractivity contribution in [1.82, 2.24) is 4.57 Å². The molecule has 0 radical (unpaired) electrons. The number of fused-ring (bicyclic) bond motifs is 5. The van der Waals surface area contributed by atoms with Gasteiger partial charge in [-0.15, -0.1) is 0 Å². The lowest BCUT2D eigenvalue weighted by molar-refractivity contribution is 1.18. The third-order valence-corrected chi connectivity index (χ3v) is 10.6. The quantitative estimate of drug-likeness (QED) is 0.127. The molecule has 10 aromatic rings. The van der Waals surface area contributed by atoms with E-state index in [1.54, 1.807) is 0 Å². The Kier molecular flexibility index (Phi) is 7.23. The topological polar surface area (TPSA) is 9.29 Å². The monoisotopic (exact) mass is 672 g/mol. The predicted octanol–water partition coefficient (Wildman–Crippen LogP) is 14.3. The highest BCUT2D eigenvalue weighted by Gasteiger charge is 2.17. The van der Waals surface area contributed by atoms with Gasteiger partial charge in [-0.3, -0.25) is 0 Å². The molecular weight excluding hydrogens is 641 g/mol. The van der Waals surface area contributed by atoms with Crippen LogP contribution in [0.15, 0.2) is 194 Å². The summed E-state index contributed by atoms with van der Waals surface area (Å²) >= 11 is 0. The number of hydrogen-bond acceptors (Lipinski definition) is 0. The van der Waals surface area contributed by atoms with E-state index in [0.29, 0.717) is 5.69 Å². The van der Waals surface area contributed by atoms with Gasteiger partial charge in [0.2, 0.25) is 0 Å². The van der Waals surface area contributed by atoms with Crippen LogP contribution in [0.5, 0.6) is 0 Å². The van der Waals surface area contributed by atoms with Crippen LogP contribution >= 0.6 is 0 Å². The second kappa shape index (κ2) is 12.5. The van der Waals surface area contributed by atoms with Crippen LogP contribution in [-0.4, -0.2) is 4.57 Å². The third kappa shape index (κ3) is 5.02.